The first-order valence-electron chi connectivity index (χ1n) is 7.25. The molecular formula is C16H21NO3. The number of amides is 1. The summed E-state index contributed by atoms with van der Waals surface area (Å²) in [5.41, 5.74) is 2.05. The van der Waals surface area contributed by atoms with Crippen LogP contribution < -0.4 is 10.1 Å². The van der Waals surface area contributed by atoms with E-state index in [0.717, 1.165) is 55.8 Å². The van der Waals surface area contributed by atoms with Gasteiger partial charge in [-0.25, -0.2) is 0 Å². The fraction of sp³-hybridized carbons (Fsp3) is 0.562. The molecule has 1 aromatic carbocycles. The van der Waals surface area contributed by atoms with E-state index in [0.29, 0.717) is 6.54 Å². The van der Waals surface area contributed by atoms with Crippen molar-refractivity contribution in [2.45, 2.75) is 25.7 Å². The highest BCUT2D eigenvalue weighted by Crippen LogP contribution is 2.45. The zero-order chi connectivity index (χ0) is 14.0. The third-order valence-electron chi connectivity index (χ3n) is 4.20. The second kappa shape index (κ2) is 5.44. The topological polar surface area (TPSA) is 47.6 Å². The highest BCUT2D eigenvalue weighted by Gasteiger charge is 2.42. The van der Waals surface area contributed by atoms with Gasteiger partial charge in [-0.1, -0.05) is 0 Å². The van der Waals surface area contributed by atoms with Crippen molar-refractivity contribution in [2.75, 3.05) is 26.9 Å². The lowest BCUT2D eigenvalue weighted by Crippen LogP contribution is -2.32. The van der Waals surface area contributed by atoms with Gasteiger partial charge >= 0.3 is 0 Å². The van der Waals surface area contributed by atoms with Crippen LogP contribution in [0, 0.1) is 5.41 Å². The van der Waals surface area contributed by atoms with E-state index < -0.39 is 0 Å². The summed E-state index contributed by atoms with van der Waals surface area (Å²) in [7, 11) is 1.71. The monoisotopic (exact) mass is 275 g/mol. The molecule has 1 fully saturated rings. The van der Waals surface area contributed by atoms with Gasteiger partial charge in [0, 0.05) is 24.6 Å². The Morgan fingerprint density at radius 1 is 1.45 bits per heavy atom. The average molecular weight is 275 g/mol. The van der Waals surface area contributed by atoms with Crippen molar-refractivity contribution in [3.8, 4) is 5.75 Å². The van der Waals surface area contributed by atoms with Gasteiger partial charge in [0.15, 0.2) is 0 Å². The van der Waals surface area contributed by atoms with Crippen LogP contribution in [0.3, 0.4) is 0 Å². The second-order valence-corrected chi connectivity index (χ2v) is 5.89. The minimum absolute atomic E-state index is 0.000696. The number of fused-ring (bicyclic) bond motifs is 1. The maximum absolute atomic E-state index is 12.2. The lowest BCUT2D eigenvalue weighted by Gasteiger charge is -2.18. The summed E-state index contributed by atoms with van der Waals surface area (Å²) >= 11 is 0. The Bertz CT molecular complexity index is 508. The molecule has 4 heteroatoms. The molecule has 0 unspecified atom stereocenters. The largest absolute Gasteiger partial charge is 0.493 e. The fourth-order valence-corrected chi connectivity index (χ4v) is 2.73. The Morgan fingerprint density at radius 2 is 2.30 bits per heavy atom. The number of rotatable bonds is 5. The van der Waals surface area contributed by atoms with Gasteiger partial charge in [0.25, 0.3) is 5.91 Å². The van der Waals surface area contributed by atoms with E-state index in [2.05, 4.69) is 5.32 Å². The predicted octanol–water partition coefficient (Wildman–Crippen LogP) is 2.17. The second-order valence-electron chi connectivity index (χ2n) is 5.89. The van der Waals surface area contributed by atoms with Gasteiger partial charge in [-0.05, 0) is 49.4 Å². The van der Waals surface area contributed by atoms with Crippen LogP contribution >= 0.6 is 0 Å². The minimum Gasteiger partial charge on any atom is -0.493 e. The molecule has 108 valence electrons. The molecule has 0 saturated heterocycles. The molecule has 1 N–H and O–H groups in total. The highest BCUT2D eigenvalue weighted by atomic mass is 16.5. The molecule has 2 aliphatic rings. The van der Waals surface area contributed by atoms with Crippen molar-refractivity contribution in [1.29, 1.82) is 0 Å². The van der Waals surface area contributed by atoms with Gasteiger partial charge in [0.2, 0.25) is 0 Å². The Kier molecular flexibility index (Phi) is 3.66. The van der Waals surface area contributed by atoms with Gasteiger partial charge in [-0.2, -0.15) is 0 Å². The van der Waals surface area contributed by atoms with Gasteiger partial charge < -0.3 is 14.8 Å². The summed E-state index contributed by atoms with van der Waals surface area (Å²) in [6.07, 6.45) is 4.29. The van der Waals surface area contributed by atoms with E-state index in [1.54, 1.807) is 7.11 Å². The molecule has 0 bridgehead atoms. The molecule has 3 rings (SSSR count). The van der Waals surface area contributed by atoms with Crippen LogP contribution in [0.4, 0.5) is 0 Å². The number of benzene rings is 1. The molecule has 1 aromatic rings. The van der Waals surface area contributed by atoms with E-state index in [-0.39, 0.29) is 11.3 Å². The molecule has 1 amide bonds. The molecule has 1 heterocycles. The zero-order valence-corrected chi connectivity index (χ0v) is 11.9. The maximum atomic E-state index is 12.2. The first-order chi connectivity index (χ1) is 9.72. The summed E-state index contributed by atoms with van der Waals surface area (Å²) in [5.74, 6) is 0.923. The van der Waals surface area contributed by atoms with E-state index in [1.165, 1.54) is 0 Å². The van der Waals surface area contributed by atoms with Crippen LogP contribution in [0.25, 0.3) is 0 Å². The molecular weight excluding hydrogens is 254 g/mol. The number of carbonyl (C=O) groups is 1. The SMILES string of the molecule is COCC1(CNC(=O)c2ccc3c(c2)CCCO3)CC1. The quantitative estimate of drug-likeness (QED) is 0.896. The predicted molar refractivity (Wildman–Crippen MR) is 76.1 cm³/mol. The van der Waals surface area contributed by atoms with Crippen molar-refractivity contribution >= 4 is 5.91 Å². The summed E-state index contributed by atoms with van der Waals surface area (Å²) in [5, 5.41) is 3.03. The van der Waals surface area contributed by atoms with Crippen molar-refractivity contribution < 1.29 is 14.3 Å². The van der Waals surface area contributed by atoms with Crippen molar-refractivity contribution in [2.24, 2.45) is 5.41 Å². The third-order valence-corrected chi connectivity index (χ3v) is 4.20. The number of hydrogen-bond donors (Lipinski definition) is 1. The summed E-state index contributed by atoms with van der Waals surface area (Å²) < 4.78 is 10.8. The number of ether oxygens (including phenoxy) is 2. The molecule has 1 saturated carbocycles. The fourth-order valence-electron chi connectivity index (χ4n) is 2.73. The van der Waals surface area contributed by atoms with E-state index in [4.69, 9.17) is 9.47 Å². The van der Waals surface area contributed by atoms with Crippen LogP contribution in [-0.2, 0) is 11.2 Å². The highest BCUT2D eigenvalue weighted by molar-refractivity contribution is 5.94. The Morgan fingerprint density at radius 3 is 3.05 bits per heavy atom. The third kappa shape index (κ3) is 2.80. The van der Waals surface area contributed by atoms with E-state index >= 15 is 0 Å². The summed E-state index contributed by atoms with van der Waals surface area (Å²) in [4.78, 5) is 12.2. The van der Waals surface area contributed by atoms with Gasteiger partial charge in [-0.15, -0.1) is 0 Å². The van der Waals surface area contributed by atoms with Crippen molar-refractivity contribution in [3.63, 3.8) is 0 Å². The zero-order valence-electron chi connectivity index (χ0n) is 11.9. The summed E-state index contributed by atoms with van der Waals surface area (Å²) in [6.45, 7) is 2.21. The average Bonchev–Trinajstić information content (AvgIpc) is 3.25. The maximum Gasteiger partial charge on any atom is 0.251 e. The lowest BCUT2D eigenvalue weighted by atomic mass is 10.0. The van der Waals surface area contributed by atoms with Crippen molar-refractivity contribution in [3.05, 3.63) is 29.3 Å². The standard InChI is InChI=1S/C16H21NO3/c1-19-11-16(6-7-16)10-17-15(18)13-4-5-14-12(9-13)3-2-8-20-14/h4-5,9H,2-3,6-8,10-11H2,1H3,(H,17,18). The van der Waals surface area contributed by atoms with Crippen LogP contribution in [-0.4, -0.2) is 32.8 Å². The van der Waals surface area contributed by atoms with Gasteiger partial charge in [0.05, 0.1) is 13.2 Å². The molecule has 0 radical (unpaired) electrons. The summed E-state index contributed by atoms with van der Waals surface area (Å²) in [6, 6.07) is 5.71. The number of methoxy groups -OCH3 is 1. The first-order valence-corrected chi connectivity index (χ1v) is 7.25. The van der Waals surface area contributed by atoms with E-state index in [1.807, 2.05) is 18.2 Å². The minimum atomic E-state index is 0.000696. The lowest BCUT2D eigenvalue weighted by molar-refractivity contribution is 0.0919. The van der Waals surface area contributed by atoms with E-state index in [9.17, 15) is 4.79 Å². The molecule has 1 aliphatic carbocycles. The van der Waals surface area contributed by atoms with Crippen LogP contribution in [0.15, 0.2) is 18.2 Å². The molecule has 1 aliphatic heterocycles. The number of aryl methyl sites for hydroxylation is 1. The first kappa shape index (κ1) is 13.4. The number of hydrogen-bond acceptors (Lipinski definition) is 3. The van der Waals surface area contributed by atoms with Crippen LogP contribution in [0.5, 0.6) is 5.75 Å². The Balaban J connectivity index is 1.62. The number of nitrogens with one attached hydrogen (secondary N) is 1. The normalized spacial score (nSPS) is 18.9. The molecule has 0 aromatic heterocycles. The molecule has 0 spiro atoms. The van der Waals surface area contributed by atoms with Crippen molar-refractivity contribution in [1.82, 2.24) is 5.32 Å². The molecule has 20 heavy (non-hydrogen) atoms. The molecule has 4 nitrogen and oxygen atoms in total. The Hall–Kier alpha value is -1.55. The number of carbonyl (C=O) groups excluding carboxylic acids is 1. The molecule has 0 atom stereocenters. The smallest absolute Gasteiger partial charge is 0.251 e. The van der Waals surface area contributed by atoms with Crippen LogP contribution in [0.2, 0.25) is 0 Å². The van der Waals surface area contributed by atoms with Gasteiger partial charge in [0.1, 0.15) is 5.75 Å². The Labute approximate surface area is 119 Å². The van der Waals surface area contributed by atoms with Gasteiger partial charge in [-0.3, -0.25) is 4.79 Å². The van der Waals surface area contributed by atoms with Crippen LogP contribution in [0.1, 0.15) is 35.2 Å².